The Bertz CT molecular complexity index is 500. The summed E-state index contributed by atoms with van der Waals surface area (Å²) in [6.45, 7) is 2.62. The van der Waals surface area contributed by atoms with Crippen LogP contribution in [-0.4, -0.2) is 17.1 Å². The van der Waals surface area contributed by atoms with Crippen molar-refractivity contribution in [2.75, 3.05) is 12.4 Å². The molecule has 1 N–H and O–H groups in total. The van der Waals surface area contributed by atoms with Crippen molar-refractivity contribution in [2.24, 2.45) is 0 Å². The maximum Gasteiger partial charge on any atom is 0.223 e. The number of rotatable bonds is 4. The van der Waals surface area contributed by atoms with Crippen LogP contribution in [0.1, 0.15) is 11.3 Å². The minimum absolute atomic E-state index is 0.646. The van der Waals surface area contributed by atoms with E-state index in [0.29, 0.717) is 12.5 Å². The van der Waals surface area contributed by atoms with E-state index in [-0.39, 0.29) is 0 Å². The minimum Gasteiger partial charge on any atom is -0.497 e. The second kappa shape index (κ2) is 5.30. The summed E-state index contributed by atoms with van der Waals surface area (Å²) in [4.78, 5) is 8.42. The fourth-order valence-corrected chi connectivity index (χ4v) is 1.50. The quantitative estimate of drug-likeness (QED) is 0.874. The molecule has 0 fully saturated rings. The van der Waals surface area contributed by atoms with E-state index in [9.17, 15) is 0 Å². The van der Waals surface area contributed by atoms with Crippen LogP contribution in [0.5, 0.6) is 5.75 Å². The second-order valence-electron chi connectivity index (χ2n) is 3.73. The Balaban J connectivity index is 2.02. The van der Waals surface area contributed by atoms with Crippen molar-refractivity contribution >= 4 is 5.95 Å². The average molecular weight is 229 g/mol. The Morgan fingerprint density at radius 2 is 2.18 bits per heavy atom. The molecule has 0 amide bonds. The smallest absolute Gasteiger partial charge is 0.223 e. The van der Waals surface area contributed by atoms with Crippen LogP contribution in [0.25, 0.3) is 0 Å². The lowest BCUT2D eigenvalue weighted by atomic mass is 10.2. The van der Waals surface area contributed by atoms with E-state index in [1.165, 1.54) is 0 Å². The zero-order valence-corrected chi connectivity index (χ0v) is 9.97. The lowest BCUT2D eigenvalue weighted by molar-refractivity contribution is 0.414. The fraction of sp³-hybridized carbons (Fsp3) is 0.231. The normalized spacial score (nSPS) is 10.0. The van der Waals surface area contributed by atoms with E-state index in [1.54, 1.807) is 13.3 Å². The van der Waals surface area contributed by atoms with Gasteiger partial charge in [0.1, 0.15) is 5.75 Å². The summed E-state index contributed by atoms with van der Waals surface area (Å²) in [5.41, 5.74) is 2.09. The lowest BCUT2D eigenvalue weighted by Gasteiger charge is -2.06. The summed E-state index contributed by atoms with van der Waals surface area (Å²) in [6.07, 6.45) is 1.75. The molecule has 2 aromatic rings. The number of nitrogens with one attached hydrogen (secondary N) is 1. The van der Waals surface area contributed by atoms with Gasteiger partial charge in [-0.3, -0.25) is 0 Å². The molecule has 1 aromatic carbocycles. The summed E-state index contributed by atoms with van der Waals surface area (Å²) in [7, 11) is 1.66. The molecule has 0 aliphatic carbocycles. The molecule has 0 aliphatic heterocycles. The van der Waals surface area contributed by atoms with Gasteiger partial charge in [0, 0.05) is 18.4 Å². The Kier molecular flexibility index (Phi) is 3.55. The molecule has 1 heterocycles. The van der Waals surface area contributed by atoms with Gasteiger partial charge in [-0.15, -0.1) is 0 Å². The number of methoxy groups -OCH3 is 1. The van der Waals surface area contributed by atoms with Gasteiger partial charge in [-0.25, -0.2) is 9.97 Å². The Hall–Kier alpha value is -2.10. The first kappa shape index (κ1) is 11.4. The van der Waals surface area contributed by atoms with Gasteiger partial charge in [-0.2, -0.15) is 0 Å². The molecular formula is C13H15N3O. The number of benzene rings is 1. The highest BCUT2D eigenvalue weighted by Gasteiger charge is 1.98. The maximum absolute atomic E-state index is 5.17. The van der Waals surface area contributed by atoms with Crippen LogP contribution in [0.3, 0.4) is 0 Å². The standard InChI is InChI=1S/C13H15N3O/c1-10-6-7-14-13(16-10)15-9-11-4-3-5-12(8-11)17-2/h3-8H,9H2,1-2H3,(H,14,15,16). The molecule has 0 atom stereocenters. The lowest BCUT2D eigenvalue weighted by Crippen LogP contribution is -2.03. The van der Waals surface area contributed by atoms with Crippen LogP contribution < -0.4 is 10.1 Å². The van der Waals surface area contributed by atoms with Crippen molar-refractivity contribution in [1.82, 2.24) is 9.97 Å². The number of aromatic nitrogens is 2. The van der Waals surface area contributed by atoms with Crippen molar-refractivity contribution in [3.8, 4) is 5.75 Å². The van der Waals surface area contributed by atoms with Gasteiger partial charge >= 0.3 is 0 Å². The Morgan fingerprint density at radius 1 is 1.29 bits per heavy atom. The molecule has 0 spiro atoms. The zero-order chi connectivity index (χ0) is 12.1. The molecule has 0 saturated heterocycles. The fourth-order valence-electron chi connectivity index (χ4n) is 1.50. The van der Waals surface area contributed by atoms with E-state index in [4.69, 9.17) is 4.74 Å². The van der Waals surface area contributed by atoms with Gasteiger partial charge in [0.25, 0.3) is 0 Å². The molecule has 0 unspecified atom stereocenters. The highest BCUT2D eigenvalue weighted by atomic mass is 16.5. The zero-order valence-electron chi connectivity index (χ0n) is 9.97. The molecule has 0 aliphatic rings. The summed E-state index contributed by atoms with van der Waals surface area (Å²) in [5, 5.41) is 3.18. The molecule has 1 aromatic heterocycles. The average Bonchev–Trinajstić information content (AvgIpc) is 2.37. The van der Waals surface area contributed by atoms with E-state index in [1.807, 2.05) is 37.3 Å². The monoisotopic (exact) mass is 229 g/mol. The third-order valence-corrected chi connectivity index (χ3v) is 2.38. The Morgan fingerprint density at radius 3 is 2.94 bits per heavy atom. The molecule has 0 bridgehead atoms. The molecular weight excluding hydrogens is 214 g/mol. The third-order valence-electron chi connectivity index (χ3n) is 2.38. The van der Waals surface area contributed by atoms with Crippen molar-refractivity contribution in [3.05, 3.63) is 47.8 Å². The molecule has 17 heavy (non-hydrogen) atoms. The number of anilines is 1. The maximum atomic E-state index is 5.17. The van der Waals surface area contributed by atoms with E-state index in [2.05, 4.69) is 15.3 Å². The largest absolute Gasteiger partial charge is 0.497 e. The van der Waals surface area contributed by atoms with Crippen LogP contribution in [0.4, 0.5) is 5.95 Å². The van der Waals surface area contributed by atoms with Crippen molar-refractivity contribution < 1.29 is 4.74 Å². The highest BCUT2D eigenvalue weighted by Crippen LogP contribution is 2.13. The van der Waals surface area contributed by atoms with Gasteiger partial charge in [0.15, 0.2) is 0 Å². The van der Waals surface area contributed by atoms with Crippen LogP contribution in [-0.2, 0) is 6.54 Å². The van der Waals surface area contributed by atoms with E-state index >= 15 is 0 Å². The molecule has 4 nitrogen and oxygen atoms in total. The number of hydrogen-bond acceptors (Lipinski definition) is 4. The van der Waals surface area contributed by atoms with Crippen LogP contribution in [0.15, 0.2) is 36.5 Å². The number of ether oxygens (including phenoxy) is 1. The molecule has 2 rings (SSSR count). The second-order valence-corrected chi connectivity index (χ2v) is 3.73. The van der Waals surface area contributed by atoms with Gasteiger partial charge in [0.2, 0.25) is 5.95 Å². The molecule has 0 radical (unpaired) electrons. The summed E-state index contributed by atoms with van der Waals surface area (Å²) < 4.78 is 5.17. The van der Waals surface area contributed by atoms with E-state index in [0.717, 1.165) is 17.0 Å². The van der Waals surface area contributed by atoms with Crippen molar-refractivity contribution in [1.29, 1.82) is 0 Å². The van der Waals surface area contributed by atoms with Crippen LogP contribution >= 0.6 is 0 Å². The van der Waals surface area contributed by atoms with Gasteiger partial charge in [-0.05, 0) is 30.7 Å². The number of nitrogens with zero attached hydrogens (tertiary/aromatic N) is 2. The predicted octanol–water partition coefficient (Wildman–Crippen LogP) is 2.41. The summed E-state index contributed by atoms with van der Waals surface area (Å²) >= 11 is 0. The van der Waals surface area contributed by atoms with Crippen LogP contribution in [0, 0.1) is 6.92 Å². The SMILES string of the molecule is COc1cccc(CNc2nccc(C)n2)c1. The van der Waals surface area contributed by atoms with Crippen molar-refractivity contribution in [3.63, 3.8) is 0 Å². The number of hydrogen-bond donors (Lipinski definition) is 1. The third kappa shape index (κ3) is 3.17. The topological polar surface area (TPSA) is 47.0 Å². The van der Waals surface area contributed by atoms with E-state index < -0.39 is 0 Å². The minimum atomic E-state index is 0.646. The van der Waals surface area contributed by atoms with Crippen LogP contribution in [0.2, 0.25) is 0 Å². The Labute approximate surface area is 101 Å². The van der Waals surface area contributed by atoms with Gasteiger partial charge in [0.05, 0.1) is 7.11 Å². The number of aryl methyl sites for hydroxylation is 1. The molecule has 88 valence electrons. The molecule has 0 saturated carbocycles. The molecule has 4 heteroatoms. The first-order valence-corrected chi connectivity index (χ1v) is 5.44. The highest BCUT2D eigenvalue weighted by molar-refractivity contribution is 5.32. The van der Waals surface area contributed by atoms with Gasteiger partial charge < -0.3 is 10.1 Å². The summed E-state index contributed by atoms with van der Waals surface area (Å²) in [6, 6.07) is 9.78. The van der Waals surface area contributed by atoms with Crippen molar-refractivity contribution in [2.45, 2.75) is 13.5 Å². The van der Waals surface area contributed by atoms with Gasteiger partial charge in [-0.1, -0.05) is 12.1 Å². The predicted molar refractivity (Wildman–Crippen MR) is 67.1 cm³/mol. The first-order valence-electron chi connectivity index (χ1n) is 5.44. The first-order chi connectivity index (χ1) is 8.28. The summed E-state index contributed by atoms with van der Waals surface area (Å²) in [5.74, 6) is 1.50.